The van der Waals surface area contributed by atoms with Crippen LogP contribution in [0, 0.1) is 13.8 Å². The number of benzene rings is 2. The van der Waals surface area contributed by atoms with Gasteiger partial charge in [-0.3, -0.25) is 4.79 Å². The Balaban J connectivity index is 1.65. The smallest absolute Gasteiger partial charge is 0.221 e. The van der Waals surface area contributed by atoms with Gasteiger partial charge in [0.2, 0.25) is 5.91 Å². The largest absolute Gasteiger partial charge is 0.352 e. The molecule has 1 N–H and O–H groups in total. The molecular weight excluding hydrogens is 358 g/mol. The van der Waals surface area contributed by atoms with Crippen molar-refractivity contribution >= 4 is 11.6 Å². The van der Waals surface area contributed by atoms with Gasteiger partial charge in [-0.2, -0.15) is 0 Å². The Morgan fingerprint density at radius 1 is 0.966 bits per heavy atom. The van der Waals surface area contributed by atoms with Gasteiger partial charge in [0.25, 0.3) is 0 Å². The molecule has 4 aromatic rings. The van der Waals surface area contributed by atoms with E-state index in [9.17, 15) is 4.79 Å². The van der Waals surface area contributed by atoms with Crippen molar-refractivity contribution in [2.24, 2.45) is 0 Å². The van der Waals surface area contributed by atoms with E-state index < -0.39 is 0 Å². The zero-order valence-corrected chi connectivity index (χ0v) is 16.8. The molecule has 4 rings (SSSR count). The van der Waals surface area contributed by atoms with Crippen LogP contribution < -0.4 is 5.32 Å². The third kappa shape index (κ3) is 4.06. The quantitative estimate of drug-likeness (QED) is 0.520. The number of carbonyl (C=O) groups excluding carboxylic acids is 1. The van der Waals surface area contributed by atoms with Crippen LogP contribution in [0.15, 0.2) is 79.1 Å². The van der Waals surface area contributed by atoms with Crippen LogP contribution in [0.25, 0.3) is 5.65 Å². The Labute approximate surface area is 171 Å². The summed E-state index contributed by atoms with van der Waals surface area (Å²) >= 11 is 0. The van der Waals surface area contributed by atoms with E-state index >= 15 is 0 Å². The van der Waals surface area contributed by atoms with Crippen molar-refractivity contribution in [3.63, 3.8) is 0 Å². The number of fused-ring (bicyclic) bond motifs is 1. The predicted molar refractivity (Wildman–Crippen MR) is 116 cm³/mol. The van der Waals surface area contributed by atoms with Crippen LogP contribution in [0.3, 0.4) is 0 Å². The van der Waals surface area contributed by atoms with Gasteiger partial charge in [0, 0.05) is 31.3 Å². The van der Waals surface area contributed by atoms with E-state index in [1.54, 1.807) is 0 Å². The Kier molecular flexibility index (Phi) is 5.43. The van der Waals surface area contributed by atoms with Crippen LogP contribution >= 0.6 is 0 Å². The molecule has 0 bridgehead atoms. The number of imidazole rings is 1. The van der Waals surface area contributed by atoms with Gasteiger partial charge >= 0.3 is 0 Å². The number of aryl methyl sites for hydroxylation is 2. The molecule has 0 radical (unpaired) electrons. The van der Waals surface area contributed by atoms with Gasteiger partial charge < -0.3 is 9.72 Å². The maximum atomic E-state index is 12.9. The van der Waals surface area contributed by atoms with Crippen molar-refractivity contribution < 1.29 is 4.79 Å². The highest BCUT2D eigenvalue weighted by Crippen LogP contribution is 2.31. The Hall–Kier alpha value is -3.40. The minimum Gasteiger partial charge on any atom is -0.352 e. The topological polar surface area (TPSA) is 46.4 Å². The van der Waals surface area contributed by atoms with Gasteiger partial charge in [-0.1, -0.05) is 60.7 Å². The van der Waals surface area contributed by atoms with Gasteiger partial charge in [0.05, 0.1) is 5.69 Å². The third-order valence-corrected chi connectivity index (χ3v) is 5.40. The average molecular weight is 383 g/mol. The standard InChI is InChI=1S/C25H25N3O/c1-18-9-6-7-13-21(18)22(15-24(29)26-16-20-11-4-3-5-12-20)23-17-27-25-19(2)10-8-14-28(23)25/h3-14,17,22H,15-16H2,1-2H3,(H,26,29). The number of aromatic nitrogens is 2. The summed E-state index contributed by atoms with van der Waals surface area (Å²) < 4.78 is 2.11. The molecule has 2 aromatic heterocycles. The monoisotopic (exact) mass is 383 g/mol. The van der Waals surface area contributed by atoms with Crippen molar-refractivity contribution in [2.75, 3.05) is 0 Å². The SMILES string of the molecule is Cc1ccccc1C(CC(=O)NCc1ccccc1)c1cnc2c(C)cccn12. The summed E-state index contributed by atoms with van der Waals surface area (Å²) in [5.74, 6) is -0.0338. The van der Waals surface area contributed by atoms with Crippen molar-refractivity contribution in [1.29, 1.82) is 0 Å². The molecular formula is C25H25N3O. The second-order valence-electron chi connectivity index (χ2n) is 7.44. The highest BCUT2D eigenvalue weighted by atomic mass is 16.1. The number of nitrogens with zero attached hydrogens (tertiary/aromatic N) is 2. The zero-order chi connectivity index (χ0) is 20.2. The summed E-state index contributed by atoms with van der Waals surface area (Å²) in [5, 5.41) is 3.07. The fourth-order valence-corrected chi connectivity index (χ4v) is 3.83. The van der Waals surface area contributed by atoms with E-state index in [1.165, 1.54) is 5.56 Å². The van der Waals surface area contributed by atoms with Gasteiger partial charge in [-0.25, -0.2) is 4.98 Å². The predicted octanol–water partition coefficient (Wildman–Crippen LogP) is 4.79. The third-order valence-electron chi connectivity index (χ3n) is 5.40. The summed E-state index contributed by atoms with van der Waals surface area (Å²) in [6.45, 7) is 4.69. The van der Waals surface area contributed by atoms with Gasteiger partial charge in [-0.05, 0) is 42.2 Å². The molecule has 0 fully saturated rings. The number of hydrogen-bond donors (Lipinski definition) is 1. The zero-order valence-electron chi connectivity index (χ0n) is 16.8. The van der Waals surface area contributed by atoms with Crippen molar-refractivity contribution in [3.05, 3.63) is 107 Å². The molecule has 0 aliphatic rings. The summed E-state index contributed by atoms with van der Waals surface area (Å²) in [7, 11) is 0. The van der Waals surface area contributed by atoms with Crippen LogP contribution in [0.1, 0.15) is 40.3 Å². The lowest BCUT2D eigenvalue weighted by atomic mass is 9.89. The van der Waals surface area contributed by atoms with E-state index in [-0.39, 0.29) is 11.8 Å². The lowest BCUT2D eigenvalue weighted by Crippen LogP contribution is -2.25. The van der Waals surface area contributed by atoms with Gasteiger partial charge in [0.15, 0.2) is 0 Å². The number of pyridine rings is 1. The molecule has 0 spiro atoms. The van der Waals surface area contributed by atoms with Crippen LogP contribution in [0.2, 0.25) is 0 Å². The molecule has 1 amide bonds. The molecule has 0 aliphatic carbocycles. The van der Waals surface area contributed by atoms with Crippen molar-refractivity contribution in [2.45, 2.75) is 32.7 Å². The summed E-state index contributed by atoms with van der Waals surface area (Å²) in [4.78, 5) is 17.5. The average Bonchev–Trinajstić information content (AvgIpc) is 3.17. The lowest BCUT2D eigenvalue weighted by molar-refractivity contribution is -0.121. The van der Waals surface area contributed by atoms with E-state index in [2.05, 4.69) is 46.7 Å². The first-order valence-electron chi connectivity index (χ1n) is 9.92. The molecule has 2 heterocycles. The highest BCUT2D eigenvalue weighted by molar-refractivity contribution is 5.77. The number of nitrogens with one attached hydrogen (secondary N) is 1. The molecule has 29 heavy (non-hydrogen) atoms. The molecule has 4 nitrogen and oxygen atoms in total. The molecule has 2 aromatic carbocycles. The minimum absolute atomic E-state index is 0.0321. The number of carbonyl (C=O) groups is 1. The number of hydrogen-bond acceptors (Lipinski definition) is 2. The van der Waals surface area contributed by atoms with E-state index in [4.69, 9.17) is 0 Å². The van der Waals surface area contributed by atoms with E-state index in [0.29, 0.717) is 13.0 Å². The second-order valence-corrected chi connectivity index (χ2v) is 7.44. The fourth-order valence-electron chi connectivity index (χ4n) is 3.83. The summed E-state index contributed by atoms with van der Waals surface area (Å²) in [5.41, 5.74) is 6.52. The first-order valence-corrected chi connectivity index (χ1v) is 9.92. The van der Waals surface area contributed by atoms with Crippen LogP contribution in [0.5, 0.6) is 0 Å². The molecule has 0 saturated carbocycles. The second kappa shape index (κ2) is 8.31. The Bertz CT molecular complexity index is 1130. The number of amides is 1. The molecule has 0 saturated heterocycles. The Morgan fingerprint density at radius 3 is 2.48 bits per heavy atom. The van der Waals surface area contributed by atoms with Crippen molar-refractivity contribution in [1.82, 2.24) is 14.7 Å². The first kappa shape index (κ1) is 18.9. The normalized spacial score (nSPS) is 12.1. The lowest BCUT2D eigenvalue weighted by Gasteiger charge is -2.19. The van der Waals surface area contributed by atoms with Crippen LogP contribution in [-0.2, 0) is 11.3 Å². The van der Waals surface area contributed by atoms with E-state index in [0.717, 1.165) is 28.0 Å². The van der Waals surface area contributed by atoms with Crippen LogP contribution in [0.4, 0.5) is 0 Å². The highest BCUT2D eigenvalue weighted by Gasteiger charge is 2.23. The summed E-state index contributed by atoms with van der Waals surface area (Å²) in [6, 6.07) is 22.3. The molecule has 0 aliphatic heterocycles. The van der Waals surface area contributed by atoms with Gasteiger partial charge in [-0.15, -0.1) is 0 Å². The molecule has 1 unspecified atom stereocenters. The van der Waals surface area contributed by atoms with Crippen LogP contribution in [-0.4, -0.2) is 15.3 Å². The molecule has 4 heteroatoms. The minimum atomic E-state index is -0.0660. The van der Waals surface area contributed by atoms with Crippen molar-refractivity contribution in [3.8, 4) is 0 Å². The molecule has 1 atom stereocenters. The molecule has 146 valence electrons. The maximum absolute atomic E-state index is 12.9. The number of rotatable bonds is 6. The Morgan fingerprint density at radius 2 is 1.69 bits per heavy atom. The van der Waals surface area contributed by atoms with Gasteiger partial charge in [0.1, 0.15) is 5.65 Å². The summed E-state index contributed by atoms with van der Waals surface area (Å²) in [6.07, 6.45) is 4.31. The van der Waals surface area contributed by atoms with E-state index in [1.807, 2.05) is 60.9 Å². The fraction of sp³-hybridized carbons (Fsp3) is 0.200. The first-order chi connectivity index (χ1) is 14.1. The maximum Gasteiger partial charge on any atom is 0.221 e.